The van der Waals surface area contributed by atoms with Crippen molar-refractivity contribution < 1.29 is 24.7 Å². The number of non-ortho nitro benzene ring substituents is 1. The molecular formula is C32H32N6O6. The molecular weight excluding hydrogens is 564 g/mol. The third kappa shape index (κ3) is 5.98. The van der Waals surface area contributed by atoms with Crippen molar-refractivity contribution in [3.05, 3.63) is 118 Å². The number of fused-ring (bicyclic) bond motifs is 1. The summed E-state index contributed by atoms with van der Waals surface area (Å²) < 4.78 is 1.65. The number of anilines is 3. The van der Waals surface area contributed by atoms with Crippen molar-refractivity contribution in [2.45, 2.75) is 38.5 Å². The molecule has 0 saturated carbocycles. The lowest BCUT2D eigenvalue weighted by atomic mass is 9.82. The van der Waals surface area contributed by atoms with Gasteiger partial charge in [-0.3, -0.25) is 29.3 Å². The average molecular weight is 597 g/mol. The van der Waals surface area contributed by atoms with Crippen LogP contribution < -0.4 is 9.80 Å². The Morgan fingerprint density at radius 2 is 1.82 bits per heavy atom. The second-order valence-corrected chi connectivity index (χ2v) is 10.5. The highest BCUT2D eigenvalue weighted by atomic mass is 16.6. The molecule has 2 N–H and O–H groups in total. The molecule has 2 amide bonds. The first-order valence-corrected chi connectivity index (χ1v) is 14.1. The molecule has 0 unspecified atom stereocenters. The number of allylic oxidation sites excluding steroid dienone is 1. The molecule has 3 aromatic carbocycles. The predicted molar refractivity (Wildman–Crippen MR) is 163 cm³/mol. The van der Waals surface area contributed by atoms with Gasteiger partial charge < -0.3 is 15.1 Å². The molecule has 0 spiro atoms. The SMILES string of the molecule is C[C@H](/C=C/CCn1cc(CCO)nn1)[C@@]1(O)C(=O)N(Cc2ccc(N(C=O)c3ccccc3)cc2)c2ccc([N+](=O)[O-])cc21. The summed E-state index contributed by atoms with van der Waals surface area (Å²) >= 11 is 0. The van der Waals surface area contributed by atoms with Gasteiger partial charge in [0.15, 0.2) is 5.60 Å². The number of nitro benzene ring substituents is 1. The van der Waals surface area contributed by atoms with Crippen molar-refractivity contribution in [3.8, 4) is 0 Å². The minimum Gasteiger partial charge on any atom is -0.396 e. The third-order valence-electron chi connectivity index (χ3n) is 7.72. The number of para-hydroxylation sites is 1. The molecule has 1 aromatic heterocycles. The number of nitro groups is 1. The van der Waals surface area contributed by atoms with E-state index in [4.69, 9.17) is 5.11 Å². The fourth-order valence-corrected chi connectivity index (χ4v) is 5.33. The van der Waals surface area contributed by atoms with Gasteiger partial charge in [0.05, 0.1) is 22.8 Å². The van der Waals surface area contributed by atoms with Crippen molar-refractivity contribution in [3.63, 3.8) is 0 Å². The van der Waals surface area contributed by atoms with Gasteiger partial charge in [-0.25, -0.2) is 0 Å². The first-order valence-electron chi connectivity index (χ1n) is 14.1. The van der Waals surface area contributed by atoms with Crippen LogP contribution in [0.4, 0.5) is 22.7 Å². The van der Waals surface area contributed by atoms with E-state index in [2.05, 4.69) is 10.3 Å². The number of carbonyl (C=O) groups excluding carboxylic acids is 2. The Morgan fingerprint density at radius 1 is 1.09 bits per heavy atom. The van der Waals surface area contributed by atoms with Crippen molar-refractivity contribution in [2.75, 3.05) is 16.4 Å². The first kappa shape index (κ1) is 30.3. The maximum absolute atomic E-state index is 13.9. The molecule has 4 aromatic rings. The van der Waals surface area contributed by atoms with E-state index in [0.717, 1.165) is 12.0 Å². The van der Waals surface area contributed by atoms with Crippen LogP contribution in [0, 0.1) is 16.0 Å². The topological polar surface area (TPSA) is 155 Å². The van der Waals surface area contributed by atoms with Gasteiger partial charge in [0.25, 0.3) is 11.6 Å². The van der Waals surface area contributed by atoms with Crippen LogP contribution in [0.15, 0.2) is 91.1 Å². The number of aliphatic hydroxyl groups is 2. The summed E-state index contributed by atoms with van der Waals surface area (Å²) in [5.74, 6) is -1.30. The largest absolute Gasteiger partial charge is 0.396 e. The summed E-state index contributed by atoms with van der Waals surface area (Å²) in [5.41, 5.74) is 1.09. The molecule has 44 heavy (non-hydrogen) atoms. The Labute approximate surface area is 253 Å². The van der Waals surface area contributed by atoms with E-state index in [1.54, 1.807) is 48.1 Å². The van der Waals surface area contributed by atoms with Crippen molar-refractivity contribution in [1.29, 1.82) is 0 Å². The maximum atomic E-state index is 13.9. The number of aliphatic hydroxyl groups excluding tert-OH is 1. The number of hydrogen-bond donors (Lipinski definition) is 2. The number of aromatic nitrogens is 3. The molecule has 12 nitrogen and oxygen atoms in total. The zero-order valence-electron chi connectivity index (χ0n) is 24.1. The highest BCUT2D eigenvalue weighted by Gasteiger charge is 2.53. The van der Waals surface area contributed by atoms with E-state index in [0.29, 0.717) is 42.1 Å². The minimum absolute atomic E-state index is 0.0162. The molecule has 1 aliphatic heterocycles. The van der Waals surface area contributed by atoms with Crippen molar-refractivity contribution in [2.24, 2.45) is 5.92 Å². The molecule has 1 aliphatic rings. The van der Waals surface area contributed by atoms with Gasteiger partial charge in [-0.1, -0.05) is 54.6 Å². The molecule has 0 radical (unpaired) electrons. The number of amides is 2. The molecule has 2 atom stereocenters. The second kappa shape index (κ2) is 13.0. The van der Waals surface area contributed by atoms with E-state index < -0.39 is 22.3 Å². The number of rotatable bonds is 13. The van der Waals surface area contributed by atoms with E-state index in [-0.39, 0.29) is 24.4 Å². The first-order chi connectivity index (χ1) is 21.3. The molecule has 0 saturated heterocycles. The lowest BCUT2D eigenvalue weighted by molar-refractivity contribution is -0.385. The Bertz CT molecular complexity index is 1670. The van der Waals surface area contributed by atoms with Gasteiger partial charge in [0.1, 0.15) is 0 Å². The lowest BCUT2D eigenvalue weighted by Crippen LogP contribution is -2.44. The summed E-state index contributed by atoms with van der Waals surface area (Å²) in [6.45, 7) is 2.29. The van der Waals surface area contributed by atoms with Crippen LogP contribution in [0.5, 0.6) is 0 Å². The summed E-state index contributed by atoms with van der Waals surface area (Å²) in [6, 6.07) is 20.4. The van der Waals surface area contributed by atoms with E-state index in [1.165, 1.54) is 28.0 Å². The van der Waals surface area contributed by atoms with Crippen LogP contribution in [0.3, 0.4) is 0 Å². The van der Waals surface area contributed by atoms with Crippen LogP contribution in [0.25, 0.3) is 0 Å². The van der Waals surface area contributed by atoms with Crippen molar-refractivity contribution in [1.82, 2.24) is 15.0 Å². The van der Waals surface area contributed by atoms with Gasteiger partial charge in [-0.05, 0) is 42.3 Å². The van der Waals surface area contributed by atoms with E-state index >= 15 is 0 Å². The van der Waals surface area contributed by atoms with E-state index in [1.807, 2.05) is 36.4 Å². The number of hydrogen-bond acceptors (Lipinski definition) is 8. The van der Waals surface area contributed by atoms with Crippen molar-refractivity contribution >= 4 is 35.1 Å². The molecule has 0 bridgehead atoms. The smallest absolute Gasteiger partial charge is 0.269 e. The summed E-state index contributed by atoms with van der Waals surface area (Å²) in [5, 5.41) is 40.6. The van der Waals surface area contributed by atoms with E-state index in [9.17, 15) is 24.8 Å². The van der Waals surface area contributed by atoms with Crippen LogP contribution in [0.1, 0.15) is 30.2 Å². The zero-order chi connectivity index (χ0) is 31.3. The van der Waals surface area contributed by atoms with Gasteiger partial charge in [-0.15, -0.1) is 5.10 Å². The van der Waals surface area contributed by atoms with Crippen LogP contribution in [-0.4, -0.2) is 49.1 Å². The minimum atomic E-state index is -2.03. The Kier molecular flexibility index (Phi) is 8.93. The summed E-state index contributed by atoms with van der Waals surface area (Å²) in [4.78, 5) is 39.7. The average Bonchev–Trinajstić information content (AvgIpc) is 3.57. The lowest BCUT2D eigenvalue weighted by Gasteiger charge is -2.27. The fraction of sp³-hybridized carbons (Fsp3) is 0.250. The monoisotopic (exact) mass is 596 g/mol. The van der Waals surface area contributed by atoms with Crippen LogP contribution >= 0.6 is 0 Å². The zero-order valence-corrected chi connectivity index (χ0v) is 24.1. The Morgan fingerprint density at radius 3 is 2.50 bits per heavy atom. The number of benzene rings is 3. The maximum Gasteiger partial charge on any atom is 0.269 e. The van der Waals surface area contributed by atoms with Gasteiger partial charge in [0, 0.05) is 60.8 Å². The molecule has 12 heteroatoms. The molecule has 2 heterocycles. The molecule has 5 rings (SSSR count). The third-order valence-corrected chi connectivity index (χ3v) is 7.72. The molecule has 226 valence electrons. The van der Waals surface area contributed by atoms with Gasteiger partial charge in [0.2, 0.25) is 6.41 Å². The quantitative estimate of drug-likeness (QED) is 0.101. The Balaban J connectivity index is 1.36. The van der Waals surface area contributed by atoms with Crippen LogP contribution in [0.2, 0.25) is 0 Å². The normalized spacial score (nSPS) is 16.7. The second-order valence-electron chi connectivity index (χ2n) is 10.5. The summed E-state index contributed by atoms with van der Waals surface area (Å²) in [6.07, 6.45) is 6.98. The van der Waals surface area contributed by atoms with Gasteiger partial charge in [-0.2, -0.15) is 0 Å². The number of aryl methyl sites for hydroxylation is 1. The fourth-order valence-electron chi connectivity index (χ4n) is 5.33. The highest BCUT2D eigenvalue weighted by Crippen LogP contribution is 2.47. The number of carbonyl (C=O) groups is 2. The summed E-state index contributed by atoms with van der Waals surface area (Å²) in [7, 11) is 0. The predicted octanol–water partition coefficient (Wildman–Crippen LogP) is 4.03. The standard InChI is InChI=1S/C32H32N6O6/c1-23(7-5-6-17-35-21-25(16-18-39)33-34-35)32(42)29-19-28(38(43)44)14-15-30(29)36(31(32)41)20-24-10-12-27(13-11-24)37(22-40)26-8-3-2-4-9-26/h2-5,7-15,19,21-23,39,42H,6,16-18,20H2,1H3/b7-5+/t23-,32+/m1/s1. The van der Waals surface area contributed by atoms with Gasteiger partial charge >= 0.3 is 0 Å². The molecule has 0 aliphatic carbocycles. The van der Waals surface area contributed by atoms with Crippen LogP contribution in [-0.2, 0) is 34.7 Å². The molecule has 0 fully saturated rings. The highest BCUT2D eigenvalue weighted by molar-refractivity contribution is 6.07. The Hall–Kier alpha value is -5.20. The number of nitrogens with zero attached hydrogens (tertiary/aromatic N) is 6.